The lowest BCUT2D eigenvalue weighted by Gasteiger charge is -2.38. The molecule has 1 aromatic carbocycles. The van der Waals surface area contributed by atoms with E-state index in [4.69, 9.17) is 11.6 Å². The molecule has 7 heteroatoms. The van der Waals surface area contributed by atoms with Crippen LogP contribution in [0.4, 0.5) is 5.13 Å². The van der Waals surface area contributed by atoms with Crippen LogP contribution in [0.2, 0.25) is 5.02 Å². The monoisotopic (exact) mass is 400 g/mol. The van der Waals surface area contributed by atoms with Gasteiger partial charge in [0.2, 0.25) is 5.91 Å². The van der Waals surface area contributed by atoms with E-state index in [1.807, 2.05) is 55.1 Å². The van der Waals surface area contributed by atoms with Crippen molar-refractivity contribution < 1.29 is 4.79 Å². The molecule has 0 radical (unpaired) electrons. The molecule has 4 rings (SSSR count). The second-order valence-corrected chi connectivity index (χ2v) is 8.63. The third-order valence-corrected chi connectivity index (χ3v) is 6.39. The van der Waals surface area contributed by atoms with Crippen molar-refractivity contribution in [3.8, 4) is 0 Å². The van der Waals surface area contributed by atoms with Crippen molar-refractivity contribution in [1.82, 2.24) is 14.9 Å². The normalized spacial score (nSPS) is 15.4. The van der Waals surface area contributed by atoms with Gasteiger partial charge >= 0.3 is 0 Å². The van der Waals surface area contributed by atoms with Gasteiger partial charge in [0, 0.05) is 37.4 Å². The van der Waals surface area contributed by atoms with Crippen molar-refractivity contribution >= 4 is 44.3 Å². The number of hydrogen-bond donors (Lipinski definition) is 0. The smallest absolute Gasteiger partial charge is 0.232 e. The Bertz CT molecular complexity index is 929. The van der Waals surface area contributed by atoms with E-state index in [1.165, 1.54) is 0 Å². The molecule has 3 aromatic rings. The van der Waals surface area contributed by atoms with Crippen LogP contribution in [0.25, 0.3) is 10.3 Å². The molecule has 5 nitrogen and oxygen atoms in total. The van der Waals surface area contributed by atoms with Gasteiger partial charge in [-0.3, -0.25) is 4.79 Å². The van der Waals surface area contributed by atoms with Gasteiger partial charge in [-0.1, -0.05) is 35.1 Å². The second-order valence-electron chi connectivity index (χ2n) is 7.24. The van der Waals surface area contributed by atoms with E-state index in [0.29, 0.717) is 18.1 Å². The number of hydrogen-bond acceptors (Lipinski definition) is 5. The molecule has 1 saturated heterocycles. The number of amides is 1. The summed E-state index contributed by atoms with van der Waals surface area (Å²) in [6.45, 7) is 6.90. The zero-order valence-electron chi connectivity index (χ0n) is 15.4. The summed E-state index contributed by atoms with van der Waals surface area (Å²) in [5.74, 6) is 0.149. The number of halogens is 1. The number of aromatic nitrogens is 2. The Morgan fingerprint density at radius 1 is 1.11 bits per heavy atom. The molecule has 3 heterocycles. The van der Waals surface area contributed by atoms with E-state index in [2.05, 4.69) is 14.9 Å². The van der Waals surface area contributed by atoms with Crippen molar-refractivity contribution in [2.75, 3.05) is 31.1 Å². The molecule has 0 saturated carbocycles. The van der Waals surface area contributed by atoms with Crippen molar-refractivity contribution in [2.24, 2.45) is 0 Å². The molecule has 0 N–H and O–H groups in total. The number of benzene rings is 1. The maximum Gasteiger partial charge on any atom is 0.232 e. The molecule has 0 aliphatic carbocycles. The summed E-state index contributed by atoms with van der Waals surface area (Å²) < 4.78 is 0. The Labute approximate surface area is 167 Å². The molecule has 27 heavy (non-hydrogen) atoms. The summed E-state index contributed by atoms with van der Waals surface area (Å²) in [6.07, 6.45) is 1.79. The number of carbonyl (C=O) groups is 1. The number of nitrogens with zero attached hydrogens (tertiary/aromatic N) is 4. The van der Waals surface area contributed by atoms with Gasteiger partial charge in [0.15, 0.2) is 5.13 Å². The van der Waals surface area contributed by atoms with Crippen molar-refractivity contribution in [3.05, 3.63) is 53.2 Å². The van der Waals surface area contributed by atoms with E-state index in [-0.39, 0.29) is 5.91 Å². The number of fused-ring (bicyclic) bond motifs is 1. The summed E-state index contributed by atoms with van der Waals surface area (Å²) in [5.41, 5.74) is 1.34. The molecule has 0 atom stereocenters. The van der Waals surface area contributed by atoms with Crippen LogP contribution in [-0.2, 0) is 10.2 Å². The zero-order valence-corrected chi connectivity index (χ0v) is 16.9. The van der Waals surface area contributed by atoms with Crippen LogP contribution in [0.5, 0.6) is 0 Å². The van der Waals surface area contributed by atoms with E-state index in [0.717, 1.165) is 34.1 Å². The summed E-state index contributed by atoms with van der Waals surface area (Å²) in [4.78, 5) is 27.3. The highest BCUT2D eigenvalue weighted by Gasteiger charge is 2.35. The highest BCUT2D eigenvalue weighted by atomic mass is 35.5. The van der Waals surface area contributed by atoms with Crippen LogP contribution in [0.1, 0.15) is 19.4 Å². The highest BCUT2D eigenvalue weighted by Crippen LogP contribution is 2.30. The molecule has 2 aromatic heterocycles. The number of anilines is 1. The van der Waals surface area contributed by atoms with Crippen molar-refractivity contribution in [2.45, 2.75) is 19.3 Å². The van der Waals surface area contributed by atoms with E-state index in [1.54, 1.807) is 17.5 Å². The fourth-order valence-electron chi connectivity index (χ4n) is 3.38. The maximum absolute atomic E-state index is 13.1. The fraction of sp³-hybridized carbons (Fsp3) is 0.350. The zero-order chi connectivity index (χ0) is 19.0. The van der Waals surface area contributed by atoms with Crippen LogP contribution in [-0.4, -0.2) is 47.0 Å². The predicted molar refractivity (Wildman–Crippen MR) is 111 cm³/mol. The summed E-state index contributed by atoms with van der Waals surface area (Å²) in [5, 5.41) is 1.66. The third kappa shape index (κ3) is 3.51. The first-order chi connectivity index (χ1) is 12.9. The average molecular weight is 401 g/mol. The van der Waals surface area contributed by atoms with Gasteiger partial charge in [-0.2, -0.15) is 0 Å². The van der Waals surface area contributed by atoms with Crippen molar-refractivity contribution in [1.29, 1.82) is 0 Å². The lowest BCUT2D eigenvalue weighted by Crippen LogP contribution is -2.53. The molecule has 0 bridgehead atoms. The quantitative estimate of drug-likeness (QED) is 0.667. The standard InChI is InChI=1S/C20H21ClN4OS/c1-20(2,14-5-7-15(21)8-6-14)18(26)24-10-12-25(13-11-24)19-23-16-4-3-9-22-17(16)27-19/h3-9H,10-13H2,1-2H3. The second kappa shape index (κ2) is 7.09. The van der Waals surface area contributed by atoms with E-state index in [9.17, 15) is 4.79 Å². The number of thiazole rings is 1. The Morgan fingerprint density at radius 3 is 2.48 bits per heavy atom. The van der Waals surface area contributed by atoms with Gasteiger partial charge in [0.1, 0.15) is 10.3 Å². The van der Waals surface area contributed by atoms with Crippen LogP contribution < -0.4 is 4.90 Å². The Hall–Kier alpha value is -2.18. The van der Waals surface area contributed by atoms with Gasteiger partial charge in [0.25, 0.3) is 0 Å². The highest BCUT2D eigenvalue weighted by molar-refractivity contribution is 7.21. The molecule has 0 unspecified atom stereocenters. The topological polar surface area (TPSA) is 49.3 Å². The van der Waals surface area contributed by atoms with Gasteiger partial charge in [-0.15, -0.1) is 0 Å². The summed E-state index contributed by atoms with van der Waals surface area (Å²) in [6, 6.07) is 11.4. The Kier molecular flexibility index (Phi) is 4.78. The summed E-state index contributed by atoms with van der Waals surface area (Å²) >= 11 is 7.59. The Balaban J connectivity index is 1.45. The molecule has 1 aliphatic heterocycles. The average Bonchev–Trinajstić information content (AvgIpc) is 3.12. The minimum atomic E-state index is -0.577. The van der Waals surface area contributed by atoms with Crippen LogP contribution in [0.3, 0.4) is 0 Å². The van der Waals surface area contributed by atoms with E-state index < -0.39 is 5.41 Å². The summed E-state index contributed by atoms with van der Waals surface area (Å²) in [7, 11) is 0. The van der Waals surface area contributed by atoms with Gasteiger partial charge < -0.3 is 9.80 Å². The number of pyridine rings is 1. The lowest BCUT2D eigenvalue weighted by molar-refractivity contribution is -0.136. The predicted octanol–water partition coefficient (Wildman–Crippen LogP) is 3.97. The third-order valence-electron chi connectivity index (χ3n) is 5.09. The first-order valence-electron chi connectivity index (χ1n) is 8.97. The lowest BCUT2D eigenvalue weighted by atomic mass is 9.83. The van der Waals surface area contributed by atoms with Gasteiger partial charge in [-0.25, -0.2) is 9.97 Å². The minimum absolute atomic E-state index is 0.149. The molecular formula is C20H21ClN4OS. The molecule has 140 valence electrons. The number of piperazine rings is 1. The van der Waals surface area contributed by atoms with Crippen LogP contribution in [0.15, 0.2) is 42.6 Å². The number of rotatable bonds is 3. The largest absolute Gasteiger partial charge is 0.344 e. The van der Waals surface area contributed by atoms with E-state index >= 15 is 0 Å². The molecular weight excluding hydrogens is 380 g/mol. The SMILES string of the molecule is CC(C)(C(=O)N1CCN(c2nc3cccnc3s2)CC1)c1ccc(Cl)cc1. The first-order valence-corrected chi connectivity index (χ1v) is 10.2. The van der Waals surface area contributed by atoms with Gasteiger partial charge in [-0.05, 0) is 43.7 Å². The van der Waals surface area contributed by atoms with Crippen molar-refractivity contribution in [3.63, 3.8) is 0 Å². The number of carbonyl (C=O) groups excluding carboxylic acids is 1. The van der Waals surface area contributed by atoms with Crippen LogP contribution in [0, 0.1) is 0 Å². The maximum atomic E-state index is 13.1. The molecule has 1 fully saturated rings. The minimum Gasteiger partial charge on any atom is -0.344 e. The molecule has 1 amide bonds. The first kappa shape index (κ1) is 18.2. The fourth-order valence-corrected chi connectivity index (χ4v) is 4.47. The molecule has 1 aliphatic rings. The van der Waals surface area contributed by atoms with Gasteiger partial charge in [0.05, 0.1) is 5.41 Å². The molecule has 0 spiro atoms. The Morgan fingerprint density at radius 2 is 1.81 bits per heavy atom. The van der Waals surface area contributed by atoms with Crippen LogP contribution >= 0.6 is 22.9 Å².